The number of hydrogen-bond acceptors (Lipinski definition) is 2. The van der Waals surface area contributed by atoms with Crippen molar-refractivity contribution in [3.63, 3.8) is 0 Å². The Balaban J connectivity index is 1.71. The van der Waals surface area contributed by atoms with E-state index in [9.17, 15) is 0 Å². The summed E-state index contributed by atoms with van der Waals surface area (Å²) in [5.74, 6) is 2.64. The van der Waals surface area contributed by atoms with Crippen molar-refractivity contribution >= 4 is 27.0 Å². The average Bonchev–Trinajstić information content (AvgIpc) is 3.32. The minimum atomic E-state index is 0.557. The maximum absolute atomic E-state index is 6.05. The van der Waals surface area contributed by atoms with E-state index in [2.05, 4.69) is 45.7 Å². The minimum absolute atomic E-state index is 0.557. The molecular formula is C18H17BrN2O. The number of ether oxygens (including phenoxy) is 1. The standard InChI is InChI=1S/C18H17BrN2O/c1-21-15-9-14(19)10-16(17(15)20-18(21)13-7-8-13)22-11-12-5-3-2-4-6-12/h2-6,9-10,13H,7-8,11H2,1H3. The lowest BCUT2D eigenvalue weighted by Crippen LogP contribution is -1.96. The SMILES string of the molecule is Cn1c(C2CC2)nc2c(OCc3ccccc3)cc(Br)cc21. The lowest BCUT2D eigenvalue weighted by Gasteiger charge is -2.08. The molecule has 1 aliphatic carbocycles. The Morgan fingerprint density at radius 2 is 2.00 bits per heavy atom. The monoisotopic (exact) mass is 356 g/mol. The second kappa shape index (κ2) is 5.43. The lowest BCUT2D eigenvalue weighted by molar-refractivity contribution is 0.309. The average molecular weight is 357 g/mol. The number of fused-ring (bicyclic) bond motifs is 1. The number of aryl methyl sites for hydroxylation is 1. The largest absolute Gasteiger partial charge is 0.487 e. The maximum Gasteiger partial charge on any atom is 0.148 e. The van der Waals surface area contributed by atoms with Crippen LogP contribution < -0.4 is 4.74 Å². The van der Waals surface area contributed by atoms with Gasteiger partial charge in [-0.2, -0.15) is 0 Å². The number of rotatable bonds is 4. The van der Waals surface area contributed by atoms with Crippen LogP contribution in [0.15, 0.2) is 46.9 Å². The van der Waals surface area contributed by atoms with Crippen molar-refractivity contribution in [1.82, 2.24) is 9.55 Å². The highest BCUT2D eigenvalue weighted by Crippen LogP contribution is 2.42. The number of hydrogen-bond donors (Lipinski definition) is 0. The summed E-state index contributed by atoms with van der Waals surface area (Å²) >= 11 is 3.58. The second-order valence-corrected chi connectivity index (χ2v) is 6.76. The van der Waals surface area contributed by atoms with Crippen molar-refractivity contribution in [3.8, 4) is 5.75 Å². The van der Waals surface area contributed by atoms with Gasteiger partial charge in [0, 0.05) is 17.4 Å². The van der Waals surface area contributed by atoms with E-state index >= 15 is 0 Å². The van der Waals surface area contributed by atoms with Crippen molar-refractivity contribution in [3.05, 3.63) is 58.3 Å². The third kappa shape index (κ3) is 2.52. The number of nitrogens with zero attached hydrogens (tertiary/aromatic N) is 2. The van der Waals surface area contributed by atoms with Crippen LogP contribution in [0.1, 0.15) is 30.1 Å². The van der Waals surface area contributed by atoms with Crippen LogP contribution in [0.4, 0.5) is 0 Å². The zero-order valence-corrected chi connectivity index (χ0v) is 14.0. The van der Waals surface area contributed by atoms with Crippen LogP contribution in [0.2, 0.25) is 0 Å². The van der Waals surface area contributed by atoms with Gasteiger partial charge in [0.05, 0.1) is 5.52 Å². The Morgan fingerprint density at radius 3 is 2.73 bits per heavy atom. The Morgan fingerprint density at radius 1 is 1.23 bits per heavy atom. The van der Waals surface area contributed by atoms with E-state index in [0.717, 1.165) is 26.8 Å². The third-order valence-corrected chi connectivity index (χ3v) is 4.59. The molecule has 1 aliphatic rings. The predicted octanol–water partition coefficient (Wildman–Crippen LogP) is 4.79. The molecule has 22 heavy (non-hydrogen) atoms. The van der Waals surface area contributed by atoms with Crippen molar-refractivity contribution < 1.29 is 4.74 Å². The topological polar surface area (TPSA) is 27.1 Å². The molecule has 3 aromatic rings. The van der Waals surface area contributed by atoms with Crippen molar-refractivity contribution in [2.75, 3.05) is 0 Å². The highest BCUT2D eigenvalue weighted by molar-refractivity contribution is 9.10. The van der Waals surface area contributed by atoms with Gasteiger partial charge in [0.25, 0.3) is 0 Å². The van der Waals surface area contributed by atoms with E-state index in [1.54, 1.807) is 0 Å². The summed E-state index contributed by atoms with van der Waals surface area (Å²) in [5, 5.41) is 0. The Labute approximate surface area is 138 Å². The van der Waals surface area contributed by atoms with Crippen LogP contribution in [0.3, 0.4) is 0 Å². The Bertz CT molecular complexity index is 822. The molecule has 0 unspecified atom stereocenters. The highest BCUT2D eigenvalue weighted by atomic mass is 79.9. The molecule has 0 atom stereocenters. The van der Waals surface area contributed by atoms with Gasteiger partial charge in [-0.15, -0.1) is 0 Å². The van der Waals surface area contributed by atoms with Crippen LogP contribution in [0, 0.1) is 0 Å². The van der Waals surface area contributed by atoms with Crippen LogP contribution in [0.25, 0.3) is 11.0 Å². The summed E-state index contributed by atoms with van der Waals surface area (Å²) in [7, 11) is 2.09. The molecular weight excluding hydrogens is 340 g/mol. The summed E-state index contributed by atoms with van der Waals surface area (Å²) in [6.45, 7) is 0.557. The molecule has 2 aromatic carbocycles. The fourth-order valence-corrected chi connectivity index (χ4v) is 3.22. The highest BCUT2D eigenvalue weighted by Gasteiger charge is 2.29. The van der Waals surface area contributed by atoms with E-state index in [0.29, 0.717) is 12.5 Å². The molecule has 1 fully saturated rings. The summed E-state index contributed by atoms with van der Waals surface area (Å²) in [5.41, 5.74) is 3.25. The molecule has 0 amide bonds. The first-order valence-corrected chi connectivity index (χ1v) is 8.34. The fraction of sp³-hybridized carbons (Fsp3) is 0.278. The van der Waals surface area contributed by atoms with E-state index in [4.69, 9.17) is 9.72 Å². The summed E-state index contributed by atoms with van der Waals surface area (Å²) in [6, 6.07) is 14.3. The van der Waals surface area contributed by atoms with E-state index < -0.39 is 0 Å². The first kappa shape index (κ1) is 13.8. The summed E-state index contributed by atoms with van der Waals surface area (Å²) in [6.07, 6.45) is 2.50. The van der Waals surface area contributed by atoms with Gasteiger partial charge in [-0.3, -0.25) is 0 Å². The van der Waals surface area contributed by atoms with Gasteiger partial charge < -0.3 is 9.30 Å². The molecule has 0 N–H and O–H groups in total. The molecule has 4 rings (SSSR count). The van der Waals surface area contributed by atoms with Gasteiger partial charge >= 0.3 is 0 Å². The zero-order valence-electron chi connectivity index (χ0n) is 12.4. The zero-order chi connectivity index (χ0) is 15.1. The predicted molar refractivity (Wildman–Crippen MR) is 91.2 cm³/mol. The molecule has 0 saturated heterocycles. The summed E-state index contributed by atoms with van der Waals surface area (Å²) in [4.78, 5) is 4.84. The fourth-order valence-electron chi connectivity index (χ4n) is 2.79. The molecule has 1 saturated carbocycles. The van der Waals surface area contributed by atoms with E-state index in [1.165, 1.54) is 18.7 Å². The van der Waals surface area contributed by atoms with Gasteiger partial charge in [-0.1, -0.05) is 46.3 Å². The first-order chi connectivity index (χ1) is 10.7. The van der Waals surface area contributed by atoms with Crippen LogP contribution in [-0.4, -0.2) is 9.55 Å². The first-order valence-electron chi connectivity index (χ1n) is 7.55. The van der Waals surface area contributed by atoms with Crippen LogP contribution in [0.5, 0.6) is 5.75 Å². The second-order valence-electron chi connectivity index (χ2n) is 5.85. The molecule has 3 nitrogen and oxygen atoms in total. The number of benzene rings is 2. The maximum atomic E-state index is 6.05. The van der Waals surface area contributed by atoms with Crippen LogP contribution >= 0.6 is 15.9 Å². The third-order valence-electron chi connectivity index (χ3n) is 4.13. The molecule has 0 radical (unpaired) electrons. The number of aromatic nitrogens is 2. The van der Waals surface area contributed by atoms with Gasteiger partial charge in [-0.05, 0) is 30.5 Å². The normalized spacial score (nSPS) is 14.5. The molecule has 0 spiro atoms. The Hall–Kier alpha value is -1.81. The van der Waals surface area contributed by atoms with Gasteiger partial charge in [0.15, 0.2) is 0 Å². The van der Waals surface area contributed by atoms with E-state index in [1.807, 2.05) is 24.3 Å². The quantitative estimate of drug-likeness (QED) is 0.671. The molecule has 0 aliphatic heterocycles. The molecule has 0 bridgehead atoms. The molecule has 1 heterocycles. The van der Waals surface area contributed by atoms with Crippen molar-refractivity contribution in [2.45, 2.75) is 25.4 Å². The molecule has 1 aromatic heterocycles. The van der Waals surface area contributed by atoms with E-state index in [-0.39, 0.29) is 0 Å². The lowest BCUT2D eigenvalue weighted by atomic mass is 10.2. The number of imidazole rings is 1. The van der Waals surface area contributed by atoms with Gasteiger partial charge in [-0.25, -0.2) is 4.98 Å². The van der Waals surface area contributed by atoms with Crippen molar-refractivity contribution in [1.29, 1.82) is 0 Å². The minimum Gasteiger partial charge on any atom is -0.487 e. The molecule has 4 heteroatoms. The van der Waals surface area contributed by atoms with Gasteiger partial charge in [0.2, 0.25) is 0 Å². The smallest absolute Gasteiger partial charge is 0.148 e. The van der Waals surface area contributed by atoms with Gasteiger partial charge in [0.1, 0.15) is 23.7 Å². The Kier molecular flexibility index (Phi) is 3.41. The molecule has 112 valence electrons. The van der Waals surface area contributed by atoms with Crippen molar-refractivity contribution in [2.24, 2.45) is 7.05 Å². The number of halogens is 1. The van der Waals surface area contributed by atoms with Crippen LogP contribution in [-0.2, 0) is 13.7 Å². The summed E-state index contributed by atoms with van der Waals surface area (Å²) < 4.78 is 9.27.